The normalized spacial score (nSPS) is 17.9. The summed E-state index contributed by atoms with van der Waals surface area (Å²) in [5.74, 6) is 2.02. The molecule has 0 saturated carbocycles. The van der Waals surface area contributed by atoms with Gasteiger partial charge >= 0.3 is 0 Å². The van der Waals surface area contributed by atoms with Crippen LogP contribution in [0.2, 0.25) is 0 Å². The van der Waals surface area contributed by atoms with Crippen LogP contribution in [0, 0.1) is 23.7 Å². The van der Waals surface area contributed by atoms with Crippen molar-refractivity contribution in [3.63, 3.8) is 0 Å². The van der Waals surface area contributed by atoms with E-state index in [1.54, 1.807) is 19.3 Å². The van der Waals surface area contributed by atoms with Gasteiger partial charge in [0.1, 0.15) is 5.75 Å². The average molecular weight is 558 g/mol. The van der Waals surface area contributed by atoms with E-state index >= 15 is 0 Å². The molecule has 0 radical (unpaired) electrons. The number of amides is 2. The van der Waals surface area contributed by atoms with Crippen molar-refractivity contribution in [2.45, 2.75) is 52.2 Å². The number of primary amides is 1. The van der Waals surface area contributed by atoms with Crippen LogP contribution in [0.15, 0.2) is 77.9 Å². The van der Waals surface area contributed by atoms with Gasteiger partial charge in [0.2, 0.25) is 11.8 Å². The first kappa shape index (κ1) is 31.7. The second-order valence-electron chi connectivity index (χ2n) is 10.6. The number of nitrogens with zero attached hydrogens (tertiary/aromatic N) is 1. The number of methoxy groups -OCH3 is 1. The quantitative estimate of drug-likeness (QED) is 0.287. The Labute approximate surface area is 244 Å². The van der Waals surface area contributed by atoms with E-state index in [9.17, 15) is 14.7 Å². The molecule has 0 aliphatic heterocycles. The number of nitrogens with two attached hydrogens (primary N) is 1. The molecule has 2 aromatic rings. The molecule has 1 unspecified atom stereocenters. The topological polar surface area (TPSA) is 105 Å². The van der Waals surface area contributed by atoms with Crippen molar-refractivity contribution in [2.24, 2.45) is 17.1 Å². The number of carbonyl (C=O) groups is 2. The van der Waals surface area contributed by atoms with Gasteiger partial charge in [-0.3, -0.25) is 9.59 Å². The standard InChI is InChI=1S/C34H43N3O4/c1-5-16-37(17-6-2)33(40)34(21-25(7-3)18-28(22-34)32(35)39)30(20-26-12-9-8-10-13-26)31(38)24-36-23-27-14-11-15-29(19-27)41-4/h3,8-15,18-19,21,30-31,36,38H,5-6,16-17,20,22-24H2,1-2,4H3,(H2,35,39)/t30-,31+,34?/m1/s1. The number of allylic oxidation sites excluding steroid dienone is 2. The van der Waals surface area contributed by atoms with E-state index in [1.165, 1.54) is 0 Å². The van der Waals surface area contributed by atoms with Crippen LogP contribution in [0.1, 0.15) is 44.2 Å². The minimum Gasteiger partial charge on any atom is -0.497 e. The van der Waals surface area contributed by atoms with Crippen LogP contribution in [-0.4, -0.2) is 54.7 Å². The van der Waals surface area contributed by atoms with Crippen LogP contribution in [0.4, 0.5) is 0 Å². The molecule has 1 aliphatic carbocycles. The number of hydrogen-bond acceptors (Lipinski definition) is 5. The Morgan fingerprint density at radius 3 is 2.41 bits per heavy atom. The van der Waals surface area contributed by atoms with Crippen molar-refractivity contribution in [1.29, 1.82) is 0 Å². The van der Waals surface area contributed by atoms with E-state index in [0.29, 0.717) is 31.6 Å². The molecular formula is C34H43N3O4. The van der Waals surface area contributed by atoms with E-state index in [0.717, 1.165) is 29.7 Å². The van der Waals surface area contributed by atoms with Gasteiger partial charge < -0.3 is 25.8 Å². The maximum Gasteiger partial charge on any atom is 0.244 e. The molecule has 1 aliphatic rings. The van der Waals surface area contributed by atoms with Crippen molar-refractivity contribution in [1.82, 2.24) is 10.2 Å². The lowest BCUT2D eigenvalue weighted by atomic mass is 9.63. The van der Waals surface area contributed by atoms with Crippen molar-refractivity contribution < 1.29 is 19.4 Å². The Balaban J connectivity index is 2.06. The molecule has 0 heterocycles. The Kier molecular flexibility index (Phi) is 11.8. The maximum absolute atomic E-state index is 14.6. The van der Waals surface area contributed by atoms with Gasteiger partial charge in [-0.15, -0.1) is 6.42 Å². The highest BCUT2D eigenvalue weighted by Crippen LogP contribution is 2.45. The van der Waals surface area contributed by atoms with Gasteiger partial charge in [0.05, 0.1) is 18.6 Å². The number of nitrogens with one attached hydrogen (secondary N) is 1. The Bertz CT molecular complexity index is 1270. The van der Waals surface area contributed by atoms with Crippen LogP contribution in [-0.2, 0) is 22.6 Å². The molecule has 0 fully saturated rings. The molecular weight excluding hydrogens is 514 g/mol. The van der Waals surface area contributed by atoms with E-state index in [4.69, 9.17) is 16.9 Å². The van der Waals surface area contributed by atoms with E-state index < -0.39 is 23.3 Å². The van der Waals surface area contributed by atoms with Gasteiger partial charge in [-0.05, 0) is 55.0 Å². The third-order valence-electron chi connectivity index (χ3n) is 7.62. The molecule has 3 atom stereocenters. The number of aliphatic hydroxyl groups excluding tert-OH is 1. The van der Waals surface area contributed by atoms with Gasteiger partial charge in [0.25, 0.3) is 0 Å². The van der Waals surface area contributed by atoms with Gasteiger partial charge in [-0.1, -0.05) is 68.3 Å². The third kappa shape index (κ3) is 8.09. The molecule has 0 spiro atoms. The number of benzene rings is 2. The first-order chi connectivity index (χ1) is 19.8. The smallest absolute Gasteiger partial charge is 0.244 e. The summed E-state index contributed by atoms with van der Waals surface area (Å²) >= 11 is 0. The van der Waals surface area contributed by atoms with Crippen molar-refractivity contribution in [3.05, 3.63) is 89.0 Å². The van der Waals surface area contributed by atoms with Crippen molar-refractivity contribution in [3.8, 4) is 18.1 Å². The van der Waals surface area contributed by atoms with Crippen LogP contribution in [0.25, 0.3) is 0 Å². The number of rotatable bonds is 15. The highest BCUT2D eigenvalue weighted by Gasteiger charge is 2.50. The SMILES string of the molecule is C#CC1=CC(C(=O)N(CCC)CCC)([C@H](Cc2ccccc2)[C@@H](O)CNCc2cccc(OC)c2)CC(C(N)=O)=C1. The van der Waals surface area contributed by atoms with Crippen LogP contribution >= 0.6 is 0 Å². The summed E-state index contributed by atoms with van der Waals surface area (Å²) in [4.78, 5) is 29.0. The Hall–Kier alpha value is -3.86. The predicted molar refractivity (Wildman–Crippen MR) is 163 cm³/mol. The molecule has 2 amide bonds. The average Bonchev–Trinajstić information content (AvgIpc) is 2.99. The minimum absolute atomic E-state index is 0.0702. The number of ether oxygens (including phenoxy) is 1. The second kappa shape index (κ2) is 15.2. The largest absolute Gasteiger partial charge is 0.497 e. The highest BCUT2D eigenvalue weighted by molar-refractivity contribution is 5.96. The fourth-order valence-electron chi connectivity index (χ4n) is 5.67. The molecule has 2 aromatic carbocycles. The third-order valence-corrected chi connectivity index (χ3v) is 7.62. The summed E-state index contributed by atoms with van der Waals surface area (Å²) in [6.45, 7) is 5.90. The lowest BCUT2D eigenvalue weighted by Gasteiger charge is -2.44. The zero-order chi connectivity index (χ0) is 29.8. The second-order valence-corrected chi connectivity index (χ2v) is 10.6. The monoisotopic (exact) mass is 557 g/mol. The molecule has 0 aromatic heterocycles. The summed E-state index contributed by atoms with van der Waals surface area (Å²) in [7, 11) is 1.62. The molecule has 7 nitrogen and oxygen atoms in total. The maximum atomic E-state index is 14.6. The van der Waals surface area contributed by atoms with Crippen molar-refractivity contribution >= 4 is 11.8 Å². The number of hydrogen-bond donors (Lipinski definition) is 3. The summed E-state index contributed by atoms with van der Waals surface area (Å²) in [5, 5.41) is 15.2. The molecule has 3 rings (SSSR count). The highest BCUT2D eigenvalue weighted by atomic mass is 16.5. The minimum atomic E-state index is -1.27. The van der Waals surface area contributed by atoms with Gasteiger partial charge in [0.15, 0.2) is 0 Å². The summed E-state index contributed by atoms with van der Waals surface area (Å²) < 4.78 is 5.33. The van der Waals surface area contributed by atoms with Gasteiger partial charge in [-0.2, -0.15) is 0 Å². The van der Waals surface area contributed by atoms with Crippen LogP contribution in [0.3, 0.4) is 0 Å². The van der Waals surface area contributed by atoms with E-state index in [1.807, 2.05) is 73.3 Å². The Morgan fingerprint density at radius 1 is 1.12 bits per heavy atom. The van der Waals surface area contributed by atoms with Crippen LogP contribution in [0.5, 0.6) is 5.75 Å². The summed E-state index contributed by atoms with van der Waals surface area (Å²) in [5.41, 5.74) is 7.20. The number of aliphatic hydroxyl groups is 1. The molecule has 218 valence electrons. The van der Waals surface area contributed by atoms with E-state index in [2.05, 4.69) is 11.2 Å². The Morgan fingerprint density at radius 2 is 1.80 bits per heavy atom. The molecule has 7 heteroatoms. The summed E-state index contributed by atoms with van der Waals surface area (Å²) in [6, 6.07) is 17.5. The summed E-state index contributed by atoms with van der Waals surface area (Å²) in [6.07, 6.45) is 10.3. The zero-order valence-corrected chi connectivity index (χ0v) is 24.4. The predicted octanol–water partition coefficient (Wildman–Crippen LogP) is 4.01. The molecule has 0 bridgehead atoms. The zero-order valence-electron chi connectivity index (χ0n) is 24.4. The lowest BCUT2D eigenvalue weighted by Crippen LogP contribution is -2.54. The lowest BCUT2D eigenvalue weighted by molar-refractivity contribution is -0.145. The number of carbonyl (C=O) groups excluding carboxylic acids is 2. The van der Waals surface area contributed by atoms with Gasteiger partial charge in [0, 0.05) is 43.2 Å². The van der Waals surface area contributed by atoms with Crippen LogP contribution < -0.4 is 15.8 Å². The molecule has 41 heavy (non-hydrogen) atoms. The van der Waals surface area contributed by atoms with Gasteiger partial charge in [-0.25, -0.2) is 0 Å². The molecule has 4 N–H and O–H groups in total. The molecule has 0 saturated heterocycles. The number of terminal acetylenes is 1. The van der Waals surface area contributed by atoms with Crippen molar-refractivity contribution in [2.75, 3.05) is 26.7 Å². The first-order valence-corrected chi connectivity index (χ1v) is 14.3. The van der Waals surface area contributed by atoms with E-state index in [-0.39, 0.29) is 24.4 Å². The first-order valence-electron chi connectivity index (χ1n) is 14.3. The fourth-order valence-corrected chi connectivity index (χ4v) is 5.67. The fraction of sp³-hybridized carbons (Fsp3) is 0.412.